The number of hydrogen-bond acceptors (Lipinski definition) is 6. The van der Waals surface area contributed by atoms with Gasteiger partial charge < -0.3 is 14.8 Å². The first-order valence-electron chi connectivity index (χ1n) is 11.7. The van der Waals surface area contributed by atoms with Gasteiger partial charge in [-0.05, 0) is 49.2 Å². The first-order chi connectivity index (χ1) is 17.9. The van der Waals surface area contributed by atoms with Gasteiger partial charge in [-0.15, -0.1) is 0 Å². The number of para-hydroxylation sites is 1. The Morgan fingerprint density at radius 2 is 1.65 bits per heavy atom. The van der Waals surface area contributed by atoms with Gasteiger partial charge in [0, 0.05) is 16.8 Å². The number of nitrogens with one attached hydrogen (secondary N) is 1. The number of aromatic nitrogens is 1. The van der Waals surface area contributed by atoms with Gasteiger partial charge in [-0.3, -0.25) is 4.79 Å². The van der Waals surface area contributed by atoms with Gasteiger partial charge >= 0.3 is 0 Å². The smallest absolute Gasteiger partial charge is 0.237 e. The standard InChI is InChI=1S/C30H27N3O3S/c1-19-10-8-9-13-25(19)32-29(34)20(2)37-30-24(18-31)23(17-26(33-30)21-11-6-5-7-12-21)22-14-15-27(35-3)28(16-22)36-4/h5-17,20H,1-4H3,(H,32,34)/t20-/m0/s1. The molecule has 0 bridgehead atoms. The molecule has 0 fully saturated rings. The van der Waals surface area contributed by atoms with Gasteiger partial charge in [0.05, 0.1) is 30.7 Å². The molecule has 1 atom stereocenters. The van der Waals surface area contributed by atoms with Gasteiger partial charge in [-0.2, -0.15) is 5.26 Å². The Morgan fingerprint density at radius 1 is 0.946 bits per heavy atom. The van der Waals surface area contributed by atoms with Crippen LogP contribution < -0.4 is 14.8 Å². The fourth-order valence-corrected chi connectivity index (χ4v) is 4.80. The lowest BCUT2D eigenvalue weighted by atomic mass is 9.99. The molecule has 186 valence electrons. The van der Waals surface area contributed by atoms with E-state index >= 15 is 0 Å². The topological polar surface area (TPSA) is 84.2 Å². The number of anilines is 1. The summed E-state index contributed by atoms with van der Waals surface area (Å²) in [5.41, 5.74) is 5.24. The quantitative estimate of drug-likeness (QED) is 0.265. The summed E-state index contributed by atoms with van der Waals surface area (Å²) >= 11 is 1.26. The van der Waals surface area contributed by atoms with E-state index in [1.165, 1.54) is 11.8 Å². The lowest BCUT2D eigenvalue weighted by Gasteiger charge is -2.17. The summed E-state index contributed by atoms with van der Waals surface area (Å²) in [4.78, 5) is 17.9. The molecule has 0 aliphatic heterocycles. The van der Waals surface area contributed by atoms with Crippen molar-refractivity contribution in [2.45, 2.75) is 24.1 Å². The van der Waals surface area contributed by atoms with Crippen molar-refractivity contribution in [3.05, 3.63) is 90.0 Å². The molecule has 3 aromatic carbocycles. The first-order valence-corrected chi connectivity index (χ1v) is 12.6. The highest BCUT2D eigenvalue weighted by molar-refractivity contribution is 8.00. The Labute approximate surface area is 221 Å². The van der Waals surface area contributed by atoms with E-state index in [1.54, 1.807) is 14.2 Å². The number of nitriles is 1. The van der Waals surface area contributed by atoms with E-state index < -0.39 is 5.25 Å². The Bertz CT molecular complexity index is 1470. The molecule has 1 aromatic heterocycles. The number of carbonyl (C=O) groups is 1. The summed E-state index contributed by atoms with van der Waals surface area (Å²) in [6.07, 6.45) is 0. The zero-order chi connectivity index (χ0) is 26.4. The zero-order valence-corrected chi connectivity index (χ0v) is 21.9. The molecule has 0 aliphatic rings. The third-order valence-electron chi connectivity index (χ3n) is 5.92. The van der Waals surface area contributed by atoms with E-state index in [0.29, 0.717) is 33.3 Å². The Balaban J connectivity index is 1.78. The predicted octanol–water partition coefficient (Wildman–Crippen LogP) is 6.73. The number of hydrogen-bond donors (Lipinski definition) is 1. The average molecular weight is 510 g/mol. The van der Waals surface area contributed by atoms with Crippen LogP contribution in [0.1, 0.15) is 18.1 Å². The summed E-state index contributed by atoms with van der Waals surface area (Å²) < 4.78 is 10.9. The number of benzene rings is 3. The number of carbonyl (C=O) groups excluding carboxylic acids is 1. The van der Waals surface area contributed by atoms with Crippen LogP contribution in [0.5, 0.6) is 11.5 Å². The van der Waals surface area contributed by atoms with Gasteiger partial charge in [0.25, 0.3) is 0 Å². The SMILES string of the molecule is COc1ccc(-c2cc(-c3ccccc3)nc(S[C@@H](C)C(=O)Nc3ccccc3C)c2C#N)cc1OC. The summed E-state index contributed by atoms with van der Waals surface area (Å²) in [5.74, 6) is 0.989. The summed E-state index contributed by atoms with van der Waals surface area (Å²) in [5, 5.41) is 13.2. The van der Waals surface area contributed by atoms with E-state index in [1.807, 2.05) is 92.7 Å². The highest BCUT2D eigenvalue weighted by Crippen LogP contribution is 2.39. The van der Waals surface area contributed by atoms with Crippen molar-refractivity contribution in [2.75, 3.05) is 19.5 Å². The van der Waals surface area contributed by atoms with E-state index in [-0.39, 0.29) is 5.91 Å². The van der Waals surface area contributed by atoms with Crippen LogP contribution >= 0.6 is 11.8 Å². The van der Waals surface area contributed by atoms with E-state index in [2.05, 4.69) is 11.4 Å². The van der Waals surface area contributed by atoms with Crippen molar-refractivity contribution >= 4 is 23.4 Å². The lowest BCUT2D eigenvalue weighted by molar-refractivity contribution is -0.115. The van der Waals surface area contributed by atoms with Gasteiger partial charge in [0.15, 0.2) is 11.5 Å². The van der Waals surface area contributed by atoms with Crippen LogP contribution in [0, 0.1) is 18.3 Å². The molecule has 0 aliphatic carbocycles. The second kappa shape index (κ2) is 11.6. The maximum atomic E-state index is 13.1. The normalized spacial score (nSPS) is 11.3. The Kier molecular flexibility index (Phi) is 8.11. The minimum Gasteiger partial charge on any atom is -0.493 e. The van der Waals surface area contributed by atoms with Crippen LogP contribution in [-0.4, -0.2) is 30.4 Å². The van der Waals surface area contributed by atoms with Crippen LogP contribution in [0.4, 0.5) is 5.69 Å². The molecule has 0 unspecified atom stereocenters. The molecular formula is C30H27N3O3S. The molecule has 4 rings (SSSR count). The van der Waals surface area contributed by atoms with Crippen LogP contribution in [-0.2, 0) is 4.79 Å². The fraction of sp³-hybridized carbons (Fsp3) is 0.167. The Hall–Kier alpha value is -4.28. The fourth-order valence-electron chi connectivity index (χ4n) is 3.87. The minimum absolute atomic E-state index is 0.164. The molecule has 0 radical (unpaired) electrons. The number of amides is 1. The van der Waals surface area contributed by atoms with Gasteiger partial charge in [0.2, 0.25) is 5.91 Å². The molecule has 6 nitrogen and oxygen atoms in total. The number of ether oxygens (including phenoxy) is 2. The zero-order valence-electron chi connectivity index (χ0n) is 21.1. The predicted molar refractivity (Wildman–Crippen MR) is 148 cm³/mol. The highest BCUT2D eigenvalue weighted by Gasteiger charge is 2.22. The van der Waals surface area contributed by atoms with Crippen molar-refractivity contribution in [1.29, 1.82) is 5.26 Å². The third-order valence-corrected chi connectivity index (χ3v) is 7.01. The number of nitrogens with zero attached hydrogens (tertiary/aromatic N) is 2. The van der Waals surface area contributed by atoms with Crippen LogP contribution in [0.2, 0.25) is 0 Å². The average Bonchev–Trinajstić information content (AvgIpc) is 2.93. The molecule has 7 heteroatoms. The third kappa shape index (κ3) is 5.76. The van der Waals surface area contributed by atoms with Crippen LogP contribution in [0.3, 0.4) is 0 Å². The number of rotatable bonds is 8. The van der Waals surface area contributed by atoms with Gasteiger partial charge in [-0.1, -0.05) is 66.4 Å². The second-order valence-corrected chi connectivity index (χ2v) is 9.68. The molecule has 0 saturated carbocycles. The minimum atomic E-state index is -0.497. The van der Waals surface area contributed by atoms with Crippen molar-refractivity contribution in [2.24, 2.45) is 0 Å². The largest absolute Gasteiger partial charge is 0.493 e. The number of pyridine rings is 1. The van der Waals surface area contributed by atoms with Crippen LogP contribution in [0.15, 0.2) is 83.9 Å². The Morgan fingerprint density at radius 3 is 2.32 bits per heavy atom. The summed E-state index contributed by atoms with van der Waals surface area (Å²) in [7, 11) is 3.15. The van der Waals surface area contributed by atoms with Crippen LogP contribution in [0.25, 0.3) is 22.4 Å². The van der Waals surface area contributed by atoms with Crippen molar-refractivity contribution in [1.82, 2.24) is 4.98 Å². The molecule has 1 heterocycles. The molecule has 37 heavy (non-hydrogen) atoms. The maximum Gasteiger partial charge on any atom is 0.237 e. The monoisotopic (exact) mass is 509 g/mol. The molecular weight excluding hydrogens is 482 g/mol. The lowest BCUT2D eigenvalue weighted by Crippen LogP contribution is -2.23. The van der Waals surface area contributed by atoms with E-state index in [4.69, 9.17) is 14.5 Å². The molecule has 1 amide bonds. The number of aryl methyl sites for hydroxylation is 1. The molecule has 0 spiro atoms. The molecule has 0 saturated heterocycles. The van der Waals surface area contributed by atoms with Crippen molar-refractivity contribution < 1.29 is 14.3 Å². The summed E-state index contributed by atoms with van der Waals surface area (Å²) in [6.45, 7) is 3.76. The van der Waals surface area contributed by atoms with E-state index in [9.17, 15) is 10.1 Å². The number of methoxy groups -OCH3 is 2. The van der Waals surface area contributed by atoms with E-state index in [0.717, 1.165) is 22.4 Å². The summed E-state index contributed by atoms with van der Waals surface area (Å²) in [6, 6.07) is 27.1. The van der Waals surface area contributed by atoms with Crippen molar-refractivity contribution in [3.63, 3.8) is 0 Å². The van der Waals surface area contributed by atoms with Gasteiger partial charge in [-0.25, -0.2) is 4.98 Å². The second-order valence-electron chi connectivity index (χ2n) is 8.35. The first kappa shape index (κ1) is 25.8. The highest BCUT2D eigenvalue weighted by atomic mass is 32.2. The molecule has 1 N–H and O–H groups in total. The maximum absolute atomic E-state index is 13.1. The molecule has 4 aromatic rings. The van der Waals surface area contributed by atoms with Crippen molar-refractivity contribution in [3.8, 4) is 40.0 Å². The number of thioether (sulfide) groups is 1. The van der Waals surface area contributed by atoms with Gasteiger partial charge in [0.1, 0.15) is 11.1 Å².